The van der Waals surface area contributed by atoms with Crippen LogP contribution in [0, 0.1) is 6.92 Å². The van der Waals surface area contributed by atoms with Gasteiger partial charge in [-0.05, 0) is 61.0 Å². The molecule has 0 saturated heterocycles. The Morgan fingerprint density at radius 2 is 1.81 bits per heavy atom. The standard InChI is InChI=1S/C28H26ClN3O5/c1-18-23(16-26(33)37-14-12-30-27(34)20-5-4-13-31(2)17-20)24-15-22(36-3)10-11-25(24)32(18)28(35)19-6-8-21(29)9-7-19/h4-11,13,15,17H,12,14,16H2,1-3H3/p+1. The van der Waals surface area contributed by atoms with Crippen molar-refractivity contribution < 1.29 is 28.4 Å². The van der Waals surface area contributed by atoms with Gasteiger partial charge in [0.1, 0.15) is 25.0 Å². The number of halogens is 1. The number of ether oxygens (including phenoxy) is 2. The highest BCUT2D eigenvalue weighted by atomic mass is 35.5. The molecule has 0 aliphatic rings. The molecule has 2 aromatic heterocycles. The van der Waals surface area contributed by atoms with Crippen molar-refractivity contribution in [2.75, 3.05) is 20.3 Å². The number of carbonyl (C=O) groups is 3. The van der Waals surface area contributed by atoms with Crippen LogP contribution in [0.2, 0.25) is 5.02 Å². The minimum absolute atomic E-state index is 0.0221. The smallest absolute Gasteiger partial charge is 0.310 e. The molecule has 4 aromatic rings. The number of aromatic nitrogens is 2. The molecule has 1 amide bonds. The Labute approximate surface area is 219 Å². The van der Waals surface area contributed by atoms with Crippen molar-refractivity contribution in [1.82, 2.24) is 9.88 Å². The summed E-state index contributed by atoms with van der Waals surface area (Å²) in [6.45, 7) is 1.99. The molecule has 0 radical (unpaired) electrons. The first-order chi connectivity index (χ1) is 17.8. The number of esters is 1. The summed E-state index contributed by atoms with van der Waals surface area (Å²) in [5.41, 5.74) is 2.94. The first-order valence-electron chi connectivity index (χ1n) is 11.7. The zero-order valence-electron chi connectivity index (χ0n) is 20.8. The average molecular weight is 521 g/mol. The third-order valence-electron chi connectivity index (χ3n) is 6.01. The molecule has 0 spiro atoms. The number of carbonyl (C=O) groups excluding carboxylic acids is 3. The molecular formula is C28H27ClN3O5+. The quantitative estimate of drug-likeness (QED) is 0.218. The summed E-state index contributed by atoms with van der Waals surface area (Å²) >= 11 is 5.98. The molecule has 2 heterocycles. The second-order valence-electron chi connectivity index (χ2n) is 8.51. The van der Waals surface area contributed by atoms with Crippen LogP contribution in [0.4, 0.5) is 0 Å². The van der Waals surface area contributed by atoms with Crippen molar-refractivity contribution in [2.45, 2.75) is 13.3 Å². The van der Waals surface area contributed by atoms with Crippen LogP contribution < -0.4 is 14.6 Å². The van der Waals surface area contributed by atoms with Gasteiger partial charge in [0, 0.05) is 27.7 Å². The Morgan fingerprint density at radius 3 is 2.51 bits per heavy atom. The Balaban J connectivity index is 1.49. The molecule has 0 aliphatic carbocycles. The van der Waals surface area contributed by atoms with E-state index in [-0.39, 0.29) is 31.4 Å². The van der Waals surface area contributed by atoms with E-state index in [1.54, 1.807) is 84.0 Å². The Kier molecular flexibility index (Phi) is 7.89. The fourth-order valence-corrected chi connectivity index (χ4v) is 4.27. The molecule has 0 unspecified atom stereocenters. The van der Waals surface area contributed by atoms with Crippen LogP contribution in [0.1, 0.15) is 32.0 Å². The molecule has 9 heteroatoms. The van der Waals surface area contributed by atoms with Crippen LogP contribution in [0.25, 0.3) is 10.9 Å². The van der Waals surface area contributed by atoms with E-state index in [0.717, 1.165) is 5.39 Å². The molecule has 0 aliphatic heterocycles. The van der Waals surface area contributed by atoms with E-state index in [1.165, 1.54) is 0 Å². The molecule has 1 N–H and O–H groups in total. The minimum atomic E-state index is -0.468. The maximum atomic E-state index is 13.4. The number of hydrogen-bond donors (Lipinski definition) is 1. The van der Waals surface area contributed by atoms with Crippen molar-refractivity contribution >= 4 is 40.3 Å². The lowest BCUT2D eigenvalue weighted by molar-refractivity contribution is -0.671. The van der Waals surface area contributed by atoms with E-state index in [1.807, 2.05) is 13.2 Å². The molecule has 4 rings (SSSR count). The lowest BCUT2D eigenvalue weighted by atomic mass is 10.1. The van der Waals surface area contributed by atoms with Crippen LogP contribution in [-0.4, -0.2) is 42.6 Å². The van der Waals surface area contributed by atoms with E-state index in [9.17, 15) is 14.4 Å². The average Bonchev–Trinajstić information content (AvgIpc) is 3.16. The summed E-state index contributed by atoms with van der Waals surface area (Å²) in [5, 5.41) is 4.00. The number of benzene rings is 2. The predicted octanol–water partition coefficient (Wildman–Crippen LogP) is 3.64. The first kappa shape index (κ1) is 25.9. The summed E-state index contributed by atoms with van der Waals surface area (Å²) in [5.74, 6) is -0.348. The maximum Gasteiger partial charge on any atom is 0.310 e. The normalized spacial score (nSPS) is 10.8. The number of nitrogens with one attached hydrogen (secondary N) is 1. The van der Waals surface area contributed by atoms with Crippen molar-refractivity contribution in [3.8, 4) is 5.75 Å². The number of amides is 1. The zero-order chi connectivity index (χ0) is 26.5. The summed E-state index contributed by atoms with van der Waals surface area (Å²) in [6, 6.07) is 15.5. The lowest BCUT2D eigenvalue weighted by Gasteiger charge is -2.09. The topological polar surface area (TPSA) is 90.5 Å². The molecule has 0 fully saturated rings. The predicted molar refractivity (Wildman–Crippen MR) is 139 cm³/mol. The number of hydrogen-bond acceptors (Lipinski definition) is 5. The highest BCUT2D eigenvalue weighted by molar-refractivity contribution is 6.30. The van der Waals surface area contributed by atoms with Crippen molar-refractivity contribution in [3.05, 3.63) is 94.4 Å². The van der Waals surface area contributed by atoms with Gasteiger partial charge in [0.25, 0.3) is 11.8 Å². The molecular weight excluding hydrogens is 494 g/mol. The van der Waals surface area contributed by atoms with Gasteiger partial charge in [-0.3, -0.25) is 19.0 Å². The third kappa shape index (κ3) is 5.81. The van der Waals surface area contributed by atoms with Crippen LogP contribution in [0.15, 0.2) is 67.0 Å². The minimum Gasteiger partial charge on any atom is -0.497 e. The molecule has 2 aromatic carbocycles. The number of aryl methyl sites for hydroxylation is 1. The van der Waals surface area contributed by atoms with Gasteiger partial charge in [-0.25, -0.2) is 4.57 Å². The van der Waals surface area contributed by atoms with E-state index >= 15 is 0 Å². The monoisotopic (exact) mass is 520 g/mol. The molecule has 0 atom stereocenters. The Hall–Kier alpha value is -4.17. The molecule has 0 saturated carbocycles. The van der Waals surface area contributed by atoms with E-state index < -0.39 is 5.97 Å². The third-order valence-corrected chi connectivity index (χ3v) is 6.26. The fourth-order valence-electron chi connectivity index (χ4n) is 4.14. The van der Waals surface area contributed by atoms with Gasteiger partial charge < -0.3 is 14.8 Å². The highest BCUT2D eigenvalue weighted by Gasteiger charge is 2.22. The Bertz CT molecular complexity index is 1480. The van der Waals surface area contributed by atoms with Gasteiger partial charge in [0.2, 0.25) is 0 Å². The zero-order valence-corrected chi connectivity index (χ0v) is 21.5. The van der Waals surface area contributed by atoms with Gasteiger partial charge in [-0.15, -0.1) is 0 Å². The summed E-state index contributed by atoms with van der Waals surface area (Å²) in [4.78, 5) is 38.4. The van der Waals surface area contributed by atoms with Gasteiger partial charge in [-0.2, -0.15) is 0 Å². The number of rotatable bonds is 8. The number of pyridine rings is 1. The maximum absolute atomic E-state index is 13.4. The second kappa shape index (κ2) is 11.3. The first-order valence-corrected chi connectivity index (χ1v) is 12.0. The number of nitrogens with zero attached hydrogens (tertiary/aromatic N) is 2. The lowest BCUT2D eigenvalue weighted by Crippen LogP contribution is -2.32. The van der Waals surface area contributed by atoms with Gasteiger partial charge >= 0.3 is 5.97 Å². The van der Waals surface area contributed by atoms with E-state index in [2.05, 4.69) is 5.32 Å². The fraction of sp³-hybridized carbons (Fsp3) is 0.214. The molecule has 190 valence electrons. The summed E-state index contributed by atoms with van der Waals surface area (Å²) in [6.07, 6.45) is 3.49. The highest BCUT2D eigenvalue weighted by Crippen LogP contribution is 2.31. The van der Waals surface area contributed by atoms with Crippen molar-refractivity contribution in [2.24, 2.45) is 7.05 Å². The van der Waals surface area contributed by atoms with E-state index in [4.69, 9.17) is 21.1 Å². The largest absolute Gasteiger partial charge is 0.497 e. The van der Waals surface area contributed by atoms with Crippen LogP contribution in [-0.2, 0) is 23.0 Å². The van der Waals surface area contributed by atoms with Crippen molar-refractivity contribution in [3.63, 3.8) is 0 Å². The van der Waals surface area contributed by atoms with Gasteiger partial charge in [-0.1, -0.05) is 11.6 Å². The van der Waals surface area contributed by atoms with Crippen LogP contribution in [0.5, 0.6) is 5.75 Å². The summed E-state index contributed by atoms with van der Waals surface area (Å²) < 4.78 is 14.1. The second-order valence-corrected chi connectivity index (χ2v) is 8.94. The van der Waals surface area contributed by atoms with Gasteiger partial charge in [0.15, 0.2) is 12.4 Å². The Morgan fingerprint density at radius 1 is 1.05 bits per heavy atom. The van der Waals surface area contributed by atoms with Gasteiger partial charge in [0.05, 0.1) is 25.6 Å². The molecule has 37 heavy (non-hydrogen) atoms. The molecule has 0 bridgehead atoms. The van der Waals surface area contributed by atoms with Crippen LogP contribution in [0.3, 0.4) is 0 Å². The van der Waals surface area contributed by atoms with Crippen LogP contribution >= 0.6 is 11.6 Å². The summed E-state index contributed by atoms with van der Waals surface area (Å²) in [7, 11) is 3.39. The number of methoxy groups -OCH3 is 1. The molecule has 8 nitrogen and oxygen atoms in total. The van der Waals surface area contributed by atoms with E-state index in [0.29, 0.717) is 38.7 Å². The SMILES string of the molecule is COc1ccc2c(c1)c(CC(=O)OCCNC(=O)c1ccc[n+](C)c1)c(C)n2C(=O)c1ccc(Cl)cc1. The van der Waals surface area contributed by atoms with Crippen molar-refractivity contribution in [1.29, 1.82) is 0 Å². The number of fused-ring (bicyclic) bond motifs is 1.